The van der Waals surface area contributed by atoms with Crippen LogP contribution in [0.15, 0.2) is 48.5 Å². The van der Waals surface area contributed by atoms with Crippen LogP contribution < -0.4 is 16.4 Å². The van der Waals surface area contributed by atoms with Gasteiger partial charge in [-0.2, -0.15) is 0 Å². The van der Waals surface area contributed by atoms with Crippen LogP contribution in [0.3, 0.4) is 0 Å². The lowest BCUT2D eigenvalue weighted by molar-refractivity contribution is -0.133. The Morgan fingerprint density at radius 2 is 1.58 bits per heavy atom. The summed E-state index contributed by atoms with van der Waals surface area (Å²) in [5.41, 5.74) is 9.57. The van der Waals surface area contributed by atoms with Gasteiger partial charge in [0.25, 0.3) is 0 Å². The van der Waals surface area contributed by atoms with Gasteiger partial charge in [-0.25, -0.2) is 0 Å². The van der Waals surface area contributed by atoms with E-state index in [9.17, 15) is 14.4 Å². The standard InChI is InChI=1S/C24H28N4O3/c25-19-5-1-16(2-6-19)13-24(31)28-11-9-18(10-12-28)17-3-7-20(8-4-17)26-21-14-22(29)27-23(30)15-21/h1-8,18,21,26H,9-15,25H2,(H,27,29,30). The van der Waals surface area contributed by atoms with Crippen molar-refractivity contribution in [3.63, 3.8) is 0 Å². The highest BCUT2D eigenvalue weighted by Crippen LogP contribution is 2.29. The van der Waals surface area contributed by atoms with Crippen LogP contribution in [0.1, 0.15) is 42.7 Å². The first-order chi connectivity index (χ1) is 15.0. The summed E-state index contributed by atoms with van der Waals surface area (Å²) < 4.78 is 0. The lowest BCUT2D eigenvalue weighted by Gasteiger charge is -2.32. The van der Waals surface area contributed by atoms with E-state index in [-0.39, 0.29) is 23.8 Å². The molecule has 0 radical (unpaired) electrons. The first-order valence-electron chi connectivity index (χ1n) is 10.8. The van der Waals surface area contributed by atoms with E-state index < -0.39 is 0 Å². The van der Waals surface area contributed by atoms with Gasteiger partial charge in [-0.15, -0.1) is 0 Å². The molecule has 2 aliphatic heterocycles. The SMILES string of the molecule is Nc1ccc(CC(=O)N2CCC(c3ccc(NC4CC(=O)NC(=O)C4)cc3)CC2)cc1. The van der Waals surface area contributed by atoms with Crippen molar-refractivity contribution in [1.82, 2.24) is 10.2 Å². The Bertz CT molecular complexity index is 932. The minimum Gasteiger partial charge on any atom is -0.399 e. The van der Waals surface area contributed by atoms with Gasteiger partial charge in [-0.1, -0.05) is 24.3 Å². The van der Waals surface area contributed by atoms with Gasteiger partial charge in [-0.05, 0) is 54.2 Å². The number of nitrogens with two attached hydrogens (primary N) is 1. The molecule has 0 bridgehead atoms. The third kappa shape index (κ3) is 5.42. The topological polar surface area (TPSA) is 105 Å². The lowest BCUT2D eigenvalue weighted by Crippen LogP contribution is -2.43. The summed E-state index contributed by atoms with van der Waals surface area (Å²) in [5, 5.41) is 5.60. The van der Waals surface area contributed by atoms with E-state index in [2.05, 4.69) is 22.8 Å². The van der Waals surface area contributed by atoms with Gasteiger partial charge in [0.2, 0.25) is 17.7 Å². The van der Waals surface area contributed by atoms with Gasteiger partial charge in [0, 0.05) is 43.3 Å². The molecule has 7 nitrogen and oxygen atoms in total. The van der Waals surface area contributed by atoms with Crippen LogP contribution in [0, 0.1) is 0 Å². The summed E-state index contributed by atoms with van der Waals surface area (Å²) >= 11 is 0. The van der Waals surface area contributed by atoms with Crippen molar-refractivity contribution in [3.05, 3.63) is 59.7 Å². The molecule has 0 aromatic heterocycles. The molecule has 2 aromatic rings. The van der Waals surface area contributed by atoms with Crippen molar-refractivity contribution in [1.29, 1.82) is 0 Å². The largest absolute Gasteiger partial charge is 0.399 e. The third-order valence-corrected chi connectivity index (χ3v) is 6.08. The van der Waals surface area contributed by atoms with Crippen molar-refractivity contribution in [2.24, 2.45) is 0 Å². The quantitative estimate of drug-likeness (QED) is 0.509. The number of piperidine rings is 2. The predicted octanol–water partition coefficient (Wildman–Crippen LogP) is 2.43. The second kappa shape index (κ2) is 9.20. The highest BCUT2D eigenvalue weighted by Gasteiger charge is 2.26. The zero-order valence-corrected chi connectivity index (χ0v) is 17.5. The fraction of sp³-hybridized carbons (Fsp3) is 0.375. The van der Waals surface area contributed by atoms with E-state index in [0.717, 1.165) is 37.2 Å². The number of hydrogen-bond acceptors (Lipinski definition) is 5. The average Bonchev–Trinajstić information content (AvgIpc) is 2.75. The van der Waals surface area contributed by atoms with E-state index in [4.69, 9.17) is 5.73 Å². The Morgan fingerprint density at radius 1 is 0.968 bits per heavy atom. The molecular weight excluding hydrogens is 392 g/mol. The molecule has 2 saturated heterocycles. The van der Waals surface area contributed by atoms with Crippen LogP contribution in [0.2, 0.25) is 0 Å². The third-order valence-electron chi connectivity index (χ3n) is 6.08. The van der Waals surface area contributed by atoms with Crippen LogP contribution in [-0.4, -0.2) is 41.8 Å². The molecule has 0 unspecified atom stereocenters. The maximum atomic E-state index is 12.6. The molecular formula is C24H28N4O3. The molecule has 0 atom stereocenters. The van der Waals surface area contributed by atoms with Crippen molar-refractivity contribution in [2.45, 2.75) is 44.1 Å². The maximum absolute atomic E-state index is 12.6. The van der Waals surface area contributed by atoms with Crippen LogP contribution in [-0.2, 0) is 20.8 Å². The van der Waals surface area contributed by atoms with Crippen molar-refractivity contribution in [3.8, 4) is 0 Å². The molecule has 2 fully saturated rings. The number of anilines is 2. The van der Waals surface area contributed by atoms with Crippen LogP contribution in [0.4, 0.5) is 11.4 Å². The Balaban J connectivity index is 1.27. The second-order valence-electron chi connectivity index (χ2n) is 8.42. The molecule has 3 amide bonds. The molecule has 4 N–H and O–H groups in total. The van der Waals surface area contributed by atoms with Crippen LogP contribution in [0.25, 0.3) is 0 Å². The normalized spacial score (nSPS) is 18.0. The molecule has 2 heterocycles. The number of nitrogens with one attached hydrogen (secondary N) is 2. The average molecular weight is 421 g/mol. The zero-order chi connectivity index (χ0) is 21.8. The van der Waals surface area contributed by atoms with Crippen molar-refractivity contribution in [2.75, 3.05) is 24.1 Å². The Kier molecular flexibility index (Phi) is 6.21. The van der Waals surface area contributed by atoms with E-state index in [1.807, 2.05) is 41.3 Å². The fourth-order valence-corrected chi connectivity index (χ4v) is 4.35. The number of hydrogen-bond donors (Lipinski definition) is 3. The van der Waals surface area contributed by atoms with Crippen LogP contribution in [0.5, 0.6) is 0 Å². The lowest BCUT2D eigenvalue weighted by atomic mass is 9.89. The van der Waals surface area contributed by atoms with E-state index in [1.165, 1.54) is 5.56 Å². The molecule has 2 aliphatic rings. The summed E-state index contributed by atoms with van der Waals surface area (Å²) in [4.78, 5) is 37.6. The summed E-state index contributed by atoms with van der Waals surface area (Å²) in [7, 11) is 0. The highest BCUT2D eigenvalue weighted by atomic mass is 16.2. The number of nitrogen functional groups attached to an aromatic ring is 1. The minimum atomic E-state index is -0.233. The number of nitrogens with zero attached hydrogens (tertiary/aromatic N) is 1. The van der Waals surface area contributed by atoms with Gasteiger partial charge in [0.15, 0.2) is 0 Å². The smallest absolute Gasteiger partial charge is 0.228 e. The molecule has 162 valence electrons. The number of benzene rings is 2. The zero-order valence-electron chi connectivity index (χ0n) is 17.5. The van der Waals surface area contributed by atoms with E-state index >= 15 is 0 Å². The van der Waals surface area contributed by atoms with Gasteiger partial charge >= 0.3 is 0 Å². The summed E-state index contributed by atoms with van der Waals surface area (Å²) in [5.74, 6) is 0.122. The number of likely N-dealkylation sites (tertiary alicyclic amines) is 1. The Hall–Kier alpha value is -3.35. The molecule has 4 rings (SSSR count). The molecule has 2 aromatic carbocycles. The maximum Gasteiger partial charge on any atom is 0.228 e. The number of amides is 3. The second-order valence-corrected chi connectivity index (χ2v) is 8.42. The number of rotatable bonds is 5. The highest BCUT2D eigenvalue weighted by molar-refractivity contribution is 5.98. The fourth-order valence-electron chi connectivity index (χ4n) is 4.35. The minimum absolute atomic E-state index is 0.161. The molecule has 31 heavy (non-hydrogen) atoms. The van der Waals surface area contributed by atoms with E-state index in [1.54, 1.807) is 0 Å². The monoisotopic (exact) mass is 420 g/mol. The summed E-state index contributed by atoms with van der Waals surface area (Å²) in [6.07, 6.45) is 2.90. The Labute approximate surface area is 182 Å². The number of imide groups is 1. The first kappa shape index (κ1) is 20.9. The van der Waals surface area contributed by atoms with Gasteiger partial charge in [0.1, 0.15) is 0 Å². The molecule has 0 saturated carbocycles. The first-order valence-corrected chi connectivity index (χ1v) is 10.8. The molecule has 0 spiro atoms. The molecule has 7 heteroatoms. The van der Waals surface area contributed by atoms with E-state index in [0.29, 0.717) is 30.9 Å². The Morgan fingerprint density at radius 3 is 2.19 bits per heavy atom. The van der Waals surface area contributed by atoms with Gasteiger partial charge in [0.05, 0.1) is 6.42 Å². The number of carbonyl (C=O) groups is 3. The van der Waals surface area contributed by atoms with Crippen molar-refractivity contribution < 1.29 is 14.4 Å². The predicted molar refractivity (Wildman–Crippen MR) is 119 cm³/mol. The van der Waals surface area contributed by atoms with Gasteiger partial charge in [-0.3, -0.25) is 19.7 Å². The summed E-state index contributed by atoms with van der Waals surface area (Å²) in [6, 6.07) is 15.5. The van der Waals surface area contributed by atoms with Crippen molar-refractivity contribution >= 4 is 29.1 Å². The summed E-state index contributed by atoms with van der Waals surface area (Å²) in [6.45, 7) is 1.52. The molecule has 0 aliphatic carbocycles. The van der Waals surface area contributed by atoms with Gasteiger partial charge < -0.3 is 16.0 Å². The number of carbonyl (C=O) groups excluding carboxylic acids is 3. The van der Waals surface area contributed by atoms with Crippen LogP contribution >= 0.6 is 0 Å².